The van der Waals surface area contributed by atoms with Gasteiger partial charge in [-0.15, -0.1) is 0 Å². The van der Waals surface area contributed by atoms with Crippen molar-refractivity contribution in [3.8, 4) is 0 Å². The number of rotatable bonds is 4. The first kappa shape index (κ1) is 11.6. The predicted molar refractivity (Wildman–Crippen MR) is 57.5 cm³/mol. The Kier molecular flexibility index (Phi) is 4.20. The molecule has 0 saturated heterocycles. The summed E-state index contributed by atoms with van der Waals surface area (Å²) in [7, 11) is 1.45. The van der Waals surface area contributed by atoms with Crippen molar-refractivity contribution in [1.82, 2.24) is 4.98 Å². The number of nitrogens with one attached hydrogen (secondary N) is 1. The Morgan fingerprint density at radius 1 is 1.73 bits per heavy atom. The van der Waals surface area contributed by atoms with E-state index in [2.05, 4.69) is 10.3 Å². The van der Waals surface area contributed by atoms with Gasteiger partial charge in [0.25, 0.3) is 5.91 Å². The highest BCUT2D eigenvalue weighted by molar-refractivity contribution is 5.94. The van der Waals surface area contributed by atoms with E-state index in [-0.39, 0.29) is 12.5 Å². The summed E-state index contributed by atoms with van der Waals surface area (Å²) in [5, 5.41) is 2.66. The number of amides is 1. The summed E-state index contributed by atoms with van der Waals surface area (Å²) < 4.78 is 4.91. The average molecular weight is 209 g/mol. The maximum absolute atomic E-state index is 11.6. The maximum atomic E-state index is 11.6. The largest absolute Gasteiger partial charge is 0.370 e. The molecule has 1 unspecified atom stereocenters. The molecule has 5 heteroatoms. The standard InChI is InChI=1S/C10H15N3O2/c1-7-4-3-5-12-9(7)13-10(14)8(6-11)15-2/h3-5,8H,6,11H2,1-2H3,(H,12,13,14). The summed E-state index contributed by atoms with van der Waals surface area (Å²) in [5.41, 5.74) is 6.27. The van der Waals surface area contributed by atoms with E-state index in [4.69, 9.17) is 10.5 Å². The van der Waals surface area contributed by atoms with Crippen molar-refractivity contribution in [3.05, 3.63) is 23.9 Å². The van der Waals surface area contributed by atoms with Gasteiger partial charge in [0.1, 0.15) is 11.9 Å². The number of aryl methyl sites for hydroxylation is 1. The fourth-order valence-corrected chi connectivity index (χ4v) is 1.12. The lowest BCUT2D eigenvalue weighted by molar-refractivity contribution is -0.125. The molecule has 0 aliphatic heterocycles. The molecule has 0 aromatic carbocycles. The van der Waals surface area contributed by atoms with Gasteiger partial charge in [0, 0.05) is 19.9 Å². The summed E-state index contributed by atoms with van der Waals surface area (Å²) in [6.07, 6.45) is 0.985. The Balaban J connectivity index is 2.70. The minimum Gasteiger partial charge on any atom is -0.370 e. The van der Waals surface area contributed by atoms with Crippen molar-refractivity contribution < 1.29 is 9.53 Å². The number of ether oxygens (including phenoxy) is 1. The number of nitrogens with zero attached hydrogens (tertiary/aromatic N) is 1. The molecule has 0 aliphatic rings. The normalized spacial score (nSPS) is 12.2. The van der Waals surface area contributed by atoms with Gasteiger partial charge in [-0.25, -0.2) is 4.98 Å². The van der Waals surface area contributed by atoms with E-state index >= 15 is 0 Å². The number of carbonyl (C=O) groups excluding carboxylic acids is 1. The van der Waals surface area contributed by atoms with Gasteiger partial charge in [-0.05, 0) is 18.6 Å². The topological polar surface area (TPSA) is 77.2 Å². The fraction of sp³-hybridized carbons (Fsp3) is 0.400. The van der Waals surface area contributed by atoms with Crippen molar-refractivity contribution >= 4 is 11.7 Å². The number of methoxy groups -OCH3 is 1. The first-order valence-corrected chi connectivity index (χ1v) is 4.64. The molecule has 1 heterocycles. The molecule has 0 radical (unpaired) electrons. The number of nitrogens with two attached hydrogens (primary N) is 1. The molecule has 15 heavy (non-hydrogen) atoms. The summed E-state index contributed by atoms with van der Waals surface area (Å²) in [5.74, 6) is 0.264. The van der Waals surface area contributed by atoms with E-state index in [1.54, 1.807) is 6.20 Å². The number of carbonyl (C=O) groups is 1. The molecule has 1 rings (SSSR count). The lowest BCUT2D eigenvalue weighted by Gasteiger charge is -2.13. The Morgan fingerprint density at radius 2 is 2.47 bits per heavy atom. The molecule has 1 atom stereocenters. The van der Waals surface area contributed by atoms with Crippen LogP contribution in [0.15, 0.2) is 18.3 Å². The van der Waals surface area contributed by atoms with Crippen LogP contribution in [0.5, 0.6) is 0 Å². The van der Waals surface area contributed by atoms with E-state index < -0.39 is 6.10 Å². The van der Waals surface area contributed by atoms with Gasteiger partial charge in [0.15, 0.2) is 0 Å². The van der Waals surface area contributed by atoms with Gasteiger partial charge in [0.2, 0.25) is 0 Å². The zero-order valence-corrected chi connectivity index (χ0v) is 8.86. The van der Waals surface area contributed by atoms with E-state index in [1.165, 1.54) is 7.11 Å². The highest BCUT2D eigenvalue weighted by Crippen LogP contribution is 2.09. The molecular weight excluding hydrogens is 194 g/mol. The predicted octanol–water partition coefficient (Wildman–Crippen LogP) is 0.302. The van der Waals surface area contributed by atoms with Crippen LogP contribution in [0.4, 0.5) is 5.82 Å². The van der Waals surface area contributed by atoms with Crippen LogP contribution in [0.2, 0.25) is 0 Å². The lowest BCUT2D eigenvalue weighted by Crippen LogP contribution is -2.36. The second kappa shape index (κ2) is 5.43. The third-order valence-electron chi connectivity index (χ3n) is 2.04. The van der Waals surface area contributed by atoms with Crippen LogP contribution in [0.3, 0.4) is 0 Å². The molecule has 5 nitrogen and oxygen atoms in total. The maximum Gasteiger partial charge on any atom is 0.255 e. The van der Waals surface area contributed by atoms with E-state index in [1.807, 2.05) is 19.1 Å². The third kappa shape index (κ3) is 3.00. The van der Waals surface area contributed by atoms with Gasteiger partial charge in [-0.3, -0.25) is 4.79 Å². The number of pyridine rings is 1. The molecule has 1 aromatic heterocycles. The highest BCUT2D eigenvalue weighted by atomic mass is 16.5. The minimum atomic E-state index is -0.633. The molecule has 0 saturated carbocycles. The van der Waals surface area contributed by atoms with Gasteiger partial charge in [-0.2, -0.15) is 0 Å². The second-order valence-electron chi connectivity index (χ2n) is 3.12. The number of anilines is 1. The van der Waals surface area contributed by atoms with E-state index in [0.29, 0.717) is 5.82 Å². The molecule has 0 spiro atoms. The molecule has 82 valence electrons. The third-order valence-corrected chi connectivity index (χ3v) is 2.04. The first-order valence-electron chi connectivity index (χ1n) is 4.64. The Bertz CT molecular complexity index is 337. The zero-order valence-electron chi connectivity index (χ0n) is 8.86. The van der Waals surface area contributed by atoms with Gasteiger partial charge in [0.05, 0.1) is 0 Å². The molecule has 0 aliphatic carbocycles. The van der Waals surface area contributed by atoms with Crippen LogP contribution < -0.4 is 11.1 Å². The zero-order chi connectivity index (χ0) is 11.3. The Labute approximate surface area is 88.6 Å². The van der Waals surface area contributed by atoms with Crippen LogP contribution in [-0.2, 0) is 9.53 Å². The molecule has 1 aromatic rings. The number of hydrogen-bond donors (Lipinski definition) is 2. The van der Waals surface area contributed by atoms with Crippen LogP contribution in [0, 0.1) is 6.92 Å². The summed E-state index contributed by atoms with van der Waals surface area (Å²) in [6, 6.07) is 3.68. The SMILES string of the molecule is COC(CN)C(=O)Nc1ncccc1C. The fourth-order valence-electron chi connectivity index (χ4n) is 1.12. The van der Waals surface area contributed by atoms with Crippen molar-refractivity contribution in [2.24, 2.45) is 5.73 Å². The Hall–Kier alpha value is -1.46. The van der Waals surface area contributed by atoms with Crippen molar-refractivity contribution in [2.45, 2.75) is 13.0 Å². The lowest BCUT2D eigenvalue weighted by atomic mass is 10.2. The summed E-state index contributed by atoms with van der Waals surface area (Å²) >= 11 is 0. The molecule has 0 fully saturated rings. The van der Waals surface area contributed by atoms with Crippen LogP contribution in [0.25, 0.3) is 0 Å². The monoisotopic (exact) mass is 209 g/mol. The van der Waals surface area contributed by atoms with Crippen LogP contribution in [-0.4, -0.2) is 30.6 Å². The summed E-state index contributed by atoms with van der Waals surface area (Å²) in [6.45, 7) is 2.01. The molecule has 0 bridgehead atoms. The minimum absolute atomic E-state index is 0.147. The highest BCUT2D eigenvalue weighted by Gasteiger charge is 2.16. The van der Waals surface area contributed by atoms with Crippen molar-refractivity contribution in [2.75, 3.05) is 19.0 Å². The second-order valence-corrected chi connectivity index (χ2v) is 3.12. The Morgan fingerprint density at radius 3 is 3.00 bits per heavy atom. The van der Waals surface area contributed by atoms with Crippen LogP contribution in [0.1, 0.15) is 5.56 Å². The van der Waals surface area contributed by atoms with Gasteiger partial charge < -0.3 is 15.8 Å². The smallest absolute Gasteiger partial charge is 0.255 e. The molecule has 3 N–H and O–H groups in total. The summed E-state index contributed by atoms with van der Waals surface area (Å²) in [4.78, 5) is 15.6. The number of aromatic nitrogens is 1. The van der Waals surface area contributed by atoms with E-state index in [0.717, 1.165) is 5.56 Å². The number of hydrogen-bond acceptors (Lipinski definition) is 4. The molecular formula is C10H15N3O2. The van der Waals surface area contributed by atoms with Crippen molar-refractivity contribution in [3.63, 3.8) is 0 Å². The quantitative estimate of drug-likeness (QED) is 0.747. The van der Waals surface area contributed by atoms with Crippen molar-refractivity contribution in [1.29, 1.82) is 0 Å². The van der Waals surface area contributed by atoms with E-state index in [9.17, 15) is 4.79 Å². The first-order chi connectivity index (χ1) is 7.19. The van der Waals surface area contributed by atoms with Crippen LogP contribution >= 0.6 is 0 Å². The average Bonchev–Trinajstić information content (AvgIpc) is 2.23. The van der Waals surface area contributed by atoms with Gasteiger partial charge in [-0.1, -0.05) is 6.07 Å². The molecule has 1 amide bonds. The van der Waals surface area contributed by atoms with Gasteiger partial charge >= 0.3 is 0 Å².